The van der Waals surface area contributed by atoms with Gasteiger partial charge in [0.15, 0.2) is 5.78 Å². The summed E-state index contributed by atoms with van der Waals surface area (Å²) in [6.07, 6.45) is -5.79. The molecule has 1 N–H and O–H groups in total. The van der Waals surface area contributed by atoms with E-state index in [1.165, 1.54) is 0 Å². The van der Waals surface area contributed by atoms with Crippen LogP contribution in [-0.2, 0) is 11.0 Å². The van der Waals surface area contributed by atoms with Gasteiger partial charge in [0.05, 0.1) is 17.5 Å². The first-order valence-electron chi connectivity index (χ1n) is 4.83. The van der Waals surface area contributed by atoms with E-state index in [1.807, 2.05) is 0 Å². The summed E-state index contributed by atoms with van der Waals surface area (Å²) in [6, 6.07) is 1.44. The molecule has 0 spiro atoms. The topological polar surface area (TPSA) is 54.4 Å². The first-order chi connectivity index (χ1) is 8.21. The molecule has 0 aliphatic rings. The van der Waals surface area contributed by atoms with Gasteiger partial charge in [-0.1, -0.05) is 0 Å². The average Bonchev–Trinajstić information content (AvgIpc) is 2.24. The molecule has 0 aliphatic heterocycles. The molecule has 0 atom stereocenters. The highest BCUT2D eigenvalue weighted by atomic mass is 19.4. The van der Waals surface area contributed by atoms with Crippen LogP contribution in [0.2, 0.25) is 0 Å². The molecule has 0 amide bonds. The summed E-state index contributed by atoms with van der Waals surface area (Å²) in [7, 11) is 0. The SMILES string of the molecule is O=C(O)CCC(=O)c1cc(C(F)(F)F)ccc1F. The Balaban J connectivity index is 3.01. The van der Waals surface area contributed by atoms with Crippen molar-refractivity contribution in [3.8, 4) is 0 Å². The van der Waals surface area contributed by atoms with E-state index >= 15 is 0 Å². The third-order valence-electron chi connectivity index (χ3n) is 2.16. The zero-order valence-corrected chi connectivity index (χ0v) is 8.92. The first kappa shape index (κ1) is 14.1. The van der Waals surface area contributed by atoms with Crippen LogP contribution in [0, 0.1) is 5.82 Å². The van der Waals surface area contributed by atoms with Crippen molar-refractivity contribution in [2.75, 3.05) is 0 Å². The van der Waals surface area contributed by atoms with Gasteiger partial charge in [-0.05, 0) is 18.2 Å². The predicted molar refractivity (Wildman–Crippen MR) is 52.6 cm³/mol. The average molecular weight is 264 g/mol. The van der Waals surface area contributed by atoms with Crippen LogP contribution in [0.4, 0.5) is 17.6 Å². The quantitative estimate of drug-likeness (QED) is 0.672. The molecule has 0 unspecified atom stereocenters. The van der Waals surface area contributed by atoms with Crippen LogP contribution in [-0.4, -0.2) is 16.9 Å². The summed E-state index contributed by atoms with van der Waals surface area (Å²) in [6.45, 7) is 0. The van der Waals surface area contributed by atoms with Crippen molar-refractivity contribution in [3.05, 3.63) is 35.1 Å². The Morgan fingerprint density at radius 3 is 2.28 bits per heavy atom. The highest BCUT2D eigenvalue weighted by Gasteiger charge is 2.31. The van der Waals surface area contributed by atoms with Crippen LogP contribution in [0.15, 0.2) is 18.2 Å². The van der Waals surface area contributed by atoms with E-state index in [0.29, 0.717) is 18.2 Å². The molecule has 0 heterocycles. The van der Waals surface area contributed by atoms with Crippen molar-refractivity contribution < 1.29 is 32.3 Å². The normalized spacial score (nSPS) is 11.3. The molecule has 0 fully saturated rings. The Bertz CT molecular complexity index is 480. The maximum absolute atomic E-state index is 13.2. The van der Waals surface area contributed by atoms with Gasteiger partial charge in [0, 0.05) is 6.42 Å². The smallest absolute Gasteiger partial charge is 0.416 e. The second kappa shape index (κ2) is 5.16. The number of carbonyl (C=O) groups is 2. The Labute approximate surface area is 99.0 Å². The van der Waals surface area contributed by atoms with Gasteiger partial charge < -0.3 is 5.11 Å². The fourth-order valence-corrected chi connectivity index (χ4v) is 1.27. The fourth-order valence-electron chi connectivity index (χ4n) is 1.27. The number of carboxylic acid groups (broad SMARTS) is 1. The molecule has 98 valence electrons. The number of benzene rings is 1. The number of carbonyl (C=O) groups excluding carboxylic acids is 1. The van der Waals surface area contributed by atoms with Gasteiger partial charge in [-0.3, -0.25) is 9.59 Å². The lowest BCUT2D eigenvalue weighted by Crippen LogP contribution is -2.10. The lowest BCUT2D eigenvalue weighted by Gasteiger charge is -2.08. The summed E-state index contributed by atoms with van der Waals surface area (Å²) in [4.78, 5) is 21.6. The second-order valence-corrected chi connectivity index (χ2v) is 3.51. The molecule has 1 aromatic rings. The summed E-state index contributed by atoms with van der Waals surface area (Å²) < 4.78 is 50.2. The molecule has 0 aromatic heterocycles. The Kier molecular flexibility index (Phi) is 4.05. The van der Waals surface area contributed by atoms with Gasteiger partial charge in [0.2, 0.25) is 0 Å². The maximum atomic E-state index is 13.2. The number of carboxylic acids is 1. The van der Waals surface area contributed by atoms with E-state index in [2.05, 4.69) is 0 Å². The number of halogens is 4. The molecule has 3 nitrogen and oxygen atoms in total. The monoisotopic (exact) mass is 264 g/mol. The van der Waals surface area contributed by atoms with E-state index in [-0.39, 0.29) is 0 Å². The molecule has 7 heteroatoms. The van der Waals surface area contributed by atoms with Crippen molar-refractivity contribution in [2.24, 2.45) is 0 Å². The molecular formula is C11H8F4O3. The summed E-state index contributed by atoms with van der Waals surface area (Å²) >= 11 is 0. The fraction of sp³-hybridized carbons (Fsp3) is 0.273. The Morgan fingerprint density at radius 1 is 1.17 bits per heavy atom. The number of hydrogen-bond acceptors (Lipinski definition) is 2. The van der Waals surface area contributed by atoms with Crippen LogP contribution in [0.3, 0.4) is 0 Å². The van der Waals surface area contributed by atoms with E-state index in [4.69, 9.17) is 5.11 Å². The maximum Gasteiger partial charge on any atom is 0.416 e. The van der Waals surface area contributed by atoms with Crippen molar-refractivity contribution in [1.29, 1.82) is 0 Å². The first-order valence-corrected chi connectivity index (χ1v) is 4.83. The molecular weight excluding hydrogens is 256 g/mol. The van der Waals surface area contributed by atoms with Crippen LogP contribution >= 0.6 is 0 Å². The van der Waals surface area contributed by atoms with Gasteiger partial charge in [-0.25, -0.2) is 4.39 Å². The predicted octanol–water partition coefficient (Wildman–Crippen LogP) is 2.89. The minimum absolute atomic E-state index is 0.388. The van der Waals surface area contributed by atoms with E-state index in [0.717, 1.165) is 0 Å². The van der Waals surface area contributed by atoms with Crippen LogP contribution in [0.25, 0.3) is 0 Å². The van der Waals surface area contributed by atoms with Gasteiger partial charge in [0.1, 0.15) is 5.82 Å². The largest absolute Gasteiger partial charge is 0.481 e. The summed E-state index contributed by atoms with van der Waals surface area (Å²) in [5, 5.41) is 8.34. The molecule has 0 bridgehead atoms. The number of aliphatic carboxylic acids is 1. The highest BCUT2D eigenvalue weighted by molar-refractivity contribution is 5.97. The van der Waals surface area contributed by atoms with Crippen molar-refractivity contribution in [1.82, 2.24) is 0 Å². The molecule has 0 saturated carbocycles. The number of rotatable bonds is 4. The third kappa shape index (κ3) is 3.54. The van der Waals surface area contributed by atoms with Crippen LogP contribution in [0.1, 0.15) is 28.8 Å². The Hall–Kier alpha value is -1.92. The molecule has 0 radical (unpaired) electrons. The van der Waals surface area contributed by atoms with Gasteiger partial charge in [0.25, 0.3) is 0 Å². The highest BCUT2D eigenvalue weighted by Crippen LogP contribution is 2.30. The zero-order valence-electron chi connectivity index (χ0n) is 8.92. The van der Waals surface area contributed by atoms with E-state index in [9.17, 15) is 27.2 Å². The van der Waals surface area contributed by atoms with Crippen molar-refractivity contribution in [3.63, 3.8) is 0 Å². The molecule has 18 heavy (non-hydrogen) atoms. The Morgan fingerprint density at radius 2 is 1.78 bits per heavy atom. The second-order valence-electron chi connectivity index (χ2n) is 3.51. The lowest BCUT2D eigenvalue weighted by molar-refractivity contribution is -0.138. The number of hydrogen-bond donors (Lipinski definition) is 1. The van der Waals surface area contributed by atoms with Crippen LogP contribution in [0.5, 0.6) is 0 Å². The van der Waals surface area contributed by atoms with E-state index in [1.54, 1.807) is 0 Å². The summed E-state index contributed by atoms with van der Waals surface area (Å²) in [5.74, 6) is -3.35. The lowest BCUT2D eigenvalue weighted by atomic mass is 10.0. The van der Waals surface area contributed by atoms with Crippen LogP contribution < -0.4 is 0 Å². The van der Waals surface area contributed by atoms with Gasteiger partial charge >= 0.3 is 12.1 Å². The van der Waals surface area contributed by atoms with Crippen molar-refractivity contribution >= 4 is 11.8 Å². The number of alkyl halides is 3. The standard InChI is InChI=1S/C11H8F4O3/c12-8-2-1-6(11(13,14)15)5-7(8)9(16)3-4-10(17)18/h1-2,5H,3-4H2,(H,17,18). The van der Waals surface area contributed by atoms with Gasteiger partial charge in [-0.2, -0.15) is 13.2 Å². The minimum Gasteiger partial charge on any atom is -0.481 e. The number of ketones is 1. The third-order valence-corrected chi connectivity index (χ3v) is 2.16. The van der Waals surface area contributed by atoms with Gasteiger partial charge in [-0.15, -0.1) is 0 Å². The molecule has 1 rings (SSSR count). The minimum atomic E-state index is -4.68. The molecule has 0 saturated heterocycles. The molecule has 0 aliphatic carbocycles. The zero-order chi connectivity index (χ0) is 13.9. The molecule has 1 aromatic carbocycles. The number of Topliss-reactive ketones (excluding diaryl/α,β-unsaturated/α-hetero) is 1. The van der Waals surface area contributed by atoms with E-state index < -0.39 is 47.7 Å². The summed E-state index contributed by atoms with van der Waals surface area (Å²) in [5.41, 5.74) is -1.89. The van der Waals surface area contributed by atoms with Crippen molar-refractivity contribution in [2.45, 2.75) is 19.0 Å².